The third-order valence-corrected chi connectivity index (χ3v) is 5.36. The molecule has 2 N–H and O–H groups in total. The van der Waals surface area contributed by atoms with E-state index in [-0.39, 0.29) is 0 Å². The fourth-order valence-corrected chi connectivity index (χ4v) is 3.55. The Hall–Kier alpha value is -0.170. The molecule has 1 fully saturated rings. The molecular formula is C11H25N3O2S. The van der Waals surface area contributed by atoms with Crippen molar-refractivity contribution in [1.29, 1.82) is 0 Å². The van der Waals surface area contributed by atoms with E-state index in [0.29, 0.717) is 32.0 Å². The molecule has 1 aliphatic rings. The zero-order chi connectivity index (χ0) is 12.9. The van der Waals surface area contributed by atoms with E-state index in [9.17, 15) is 8.42 Å². The molecule has 0 amide bonds. The first kappa shape index (κ1) is 14.9. The molecule has 0 bridgehead atoms. The quantitative estimate of drug-likeness (QED) is 0.733. The molecule has 0 aliphatic heterocycles. The van der Waals surface area contributed by atoms with Crippen LogP contribution < -0.4 is 5.73 Å². The largest absolute Gasteiger partial charge is 0.330 e. The van der Waals surface area contributed by atoms with Crippen molar-refractivity contribution < 1.29 is 8.42 Å². The topological polar surface area (TPSA) is 66.6 Å². The molecule has 6 heteroatoms. The Labute approximate surface area is 105 Å². The monoisotopic (exact) mass is 263 g/mol. The van der Waals surface area contributed by atoms with E-state index in [1.807, 2.05) is 0 Å². The minimum absolute atomic E-state index is 0.494. The van der Waals surface area contributed by atoms with Crippen LogP contribution in [0.1, 0.15) is 32.1 Å². The van der Waals surface area contributed by atoms with Crippen molar-refractivity contribution in [1.82, 2.24) is 8.61 Å². The van der Waals surface area contributed by atoms with Crippen molar-refractivity contribution in [2.75, 3.05) is 33.7 Å². The van der Waals surface area contributed by atoms with E-state index in [1.54, 1.807) is 14.1 Å². The average molecular weight is 263 g/mol. The molecule has 0 aromatic carbocycles. The van der Waals surface area contributed by atoms with E-state index in [1.165, 1.54) is 21.5 Å². The lowest BCUT2D eigenvalue weighted by atomic mass is 10.1. The van der Waals surface area contributed by atoms with Crippen LogP contribution in [0, 0.1) is 5.92 Å². The van der Waals surface area contributed by atoms with Gasteiger partial charge in [0, 0.05) is 27.2 Å². The second-order valence-corrected chi connectivity index (χ2v) is 7.04. The molecule has 1 aliphatic carbocycles. The van der Waals surface area contributed by atoms with Gasteiger partial charge in [0.1, 0.15) is 0 Å². The molecule has 0 heterocycles. The standard InChI is InChI=1S/C11H25N3O2S/c1-13(9-5-8-12)17(15,16)14(2)10-11-6-3-4-7-11/h11H,3-10,12H2,1-2H3. The summed E-state index contributed by atoms with van der Waals surface area (Å²) in [4.78, 5) is 0. The van der Waals surface area contributed by atoms with Crippen LogP contribution in [0.25, 0.3) is 0 Å². The first-order valence-corrected chi connectivity index (χ1v) is 7.76. The fourth-order valence-electron chi connectivity index (χ4n) is 2.32. The SMILES string of the molecule is CN(CCCN)S(=O)(=O)N(C)CC1CCCC1. The van der Waals surface area contributed by atoms with E-state index in [0.717, 1.165) is 12.8 Å². The van der Waals surface area contributed by atoms with Crippen molar-refractivity contribution in [3.63, 3.8) is 0 Å². The van der Waals surface area contributed by atoms with Crippen LogP contribution in [0.2, 0.25) is 0 Å². The summed E-state index contributed by atoms with van der Waals surface area (Å²) in [5.74, 6) is 0.540. The summed E-state index contributed by atoms with van der Waals surface area (Å²) in [6, 6.07) is 0. The molecule has 5 nitrogen and oxygen atoms in total. The maximum atomic E-state index is 12.1. The van der Waals surface area contributed by atoms with Crippen molar-refractivity contribution >= 4 is 10.2 Å². The molecule has 0 aromatic heterocycles. The Bertz CT molecular complexity index is 313. The Morgan fingerprint density at radius 1 is 1.18 bits per heavy atom. The van der Waals surface area contributed by atoms with Gasteiger partial charge in [0.25, 0.3) is 10.2 Å². The Kier molecular flexibility index (Phi) is 5.85. The minimum Gasteiger partial charge on any atom is -0.330 e. The highest BCUT2D eigenvalue weighted by molar-refractivity contribution is 7.86. The third kappa shape index (κ3) is 4.21. The Balaban J connectivity index is 2.49. The molecule has 1 saturated carbocycles. The molecule has 17 heavy (non-hydrogen) atoms. The van der Waals surface area contributed by atoms with Crippen molar-refractivity contribution in [2.24, 2.45) is 11.7 Å². The van der Waals surface area contributed by atoms with Gasteiger partial charge in [0.15, 0.2) is 0 Å². The number of hydrogen-bond acceptors (Lipinski definition) is 3. The molecule has 0 aromatic rings. The van der Waals surface area contributed by atoms with Crippen molar-refractivity contribution in [3.05, 3.63) is 0 Å². The van der Waals surface area contributed by atoms with Crippen LogP contribution >= 0.6 is 0 Å². The van der Waals surface area contributed by atoms with E-state index in [4.69, 9.17) is 5.73 Å². The smallest absolute Gasteiger partial charge is 0.281 e. The highest BCUT2D eigenvalue weighted by Crippen LogP contribution is 2.26. The first-order valence-electron chi connectivity index (χ1n) is 6.36. The Morgan fingerprint density at radius 3 is 2.29 bits per heavy atom. The van der Waals surface area contributed by atoms with Crippen LogP contribution in [0.15, 0.2) is 0 Å². The van der Waals surface area contributed by atoms with Crippen LogP contribution in [-0.4, -0.2) is 50.8 Å². The number of nitrogens with zero attached hydrogens (tertiary/aromatic N) is 2. The molecular weight excluding hydrogens is 238 g/mol. The zero-order valence-corrected chi connectivity index (χ0v) is 11.7. The Morgan fingerprint density at radius 2 is 1.76 bits per heavy atom. The van der Waals surface area contributed by atoms with Gasteiger partial charge in [0.2, 0.25) is 0 Å². The maximum absolute atomic E-state index is 12.1. The molecule has 0 radical (unpaired) electrons. The minimum atomic E-state index is -3.29. The summed E-state index contributed by atoms with van der Waals surface area (Å²) in [5, 5.41) is 0. The summed E-state index contributed by atoms with van der Waals surface area (Å²) in [7, 11) is 0.00679. The van der Waals surface area contributed by atoms with Gasteiger partial charge >= 0.3 is 0 Å². The van der Waals surface area contributed by atoms with Gasteiger partial charge in [-0.3, -0.25) is 0 Å². The first-order chi connectivity index (χ1) is 7.98. The van der Waals surface area contributed by atoms with Gasteiger partial charge in [-0.25, -0.2) is 0 Å². The molecule has 0 spiro atoms. The highest BCUT2D eigenvalue weighted by atomic mass is 32.2. The second kappa shape index (κ2) is 6.68. The van der Waals surface area contributed by atoms with Crippen LogP contribution in [-0.2, 0) is 10.2 Å². The summed E-state index contributed by atoms with van der Waals surface area (Å²) in [6.07, 6.45) is 5.49. The number of rotatable bonds is 7. The molecule has 0 atom stereocenters. The van der Waals surface area contributed by atoms with E-state index in [2.05, 4.69) is 0 Å². The summed E-state index contributed by atoms with van der Waals surface area (Å²) in [5.41, 5.74) is 5.39. The van der Waals surface area contributed by atoms with E-state index >= 15 is 0 Å². The van der Waals surface area contributed by atoms with E-state index < -0.39 is 10.2 Å². The zero-order valence-electron chi connectivity index (χ0n) is 10.9. The molecule has 1 rings (SSSR count). The van der Waals surface area contributed by atoms with Gasteiger partial charge in [-0.2, -0.15) is 17.0 Å². The average Bonchev–Trinajstić information content (AvgIpc) is 2.78. The molecule has 102 valence electrons. The van der Waals surface area contributed by atoms with Gasteiger partial charge in [-0.15, -0.1) is 0 Å². The van der Waals surface area contributed by atoms with Gasteiger partial charge < -0.3 is 5.73 Å². The number of nitrogens with two attached hydrogens (primary N) is 1. The lowest BCUT2D eigenvalue weighted by Crippen LogP contribution is -2.42. The molecule has 0 unspecified atom stereocenters. The summed E-state index contributed by atoms with van der Waals surface area (Å²) < 4.78 is 27.2. The predicted molar refractivity (Wildman–Crippen MR) is 69.8 cm³/mol. The van der Waals surface area contributed by atoms with Crippen molar-refractivity contribution in [3.8, 4) is 0 Å². The molecule has 0 saturated heterocycles. The van der Waals surface area contributed by atoms with Crippen molar-refractivity contribution in [2.45, 2.75) is 32.1 Å². The lowest BCUT2D eigenvalue weighted by Gasteiger charge is -2.26. The van der Waals surface area contributed by atoms with Gasteiger partial charge in [-0.1, -0.05) is 12.8 Å². The van der Waals surface area contributed by atoms with Gasteiger partial charge in [0.05, 0.1) is 0 Å². The third-order valence-electron chi connectivity index (χ3n) is 3.45. The highest BCUT2D eigenvalue weighted by Gasteiger charge is 2.26. The van der Waals surface area contributed by atoms with Gasteiger partial charge in [-0.05, 0) is 31.7 Å². The second-order valence-electron chi connectivity index (χ2n) is 4.90. The normalized spacial score (nSPS) is 18.4. The summed E-state index contributed by atoms with van der Waals surface area (Å²) >= 11 is 0. The van der Waals surface area contributed by atoms with Crippen LogP contribution in [0.4, 0.5) is 0 Å². The fraction of sp³-hybridized carbons (Fsp3) is 1.00. The van der Waals surface area contributed by atoms with Crippen LogP contribution in [0.5, 0.6) is 0 Å². The lowest BCUT2D eigenvalue weighted by molar-refractivity contribution is 0.349. The number of hydrogen-bond donors (Lipinski definition) is 1. The summed E-state index contributed by atoms with van der Waals surface area (Å²) in [6.45, 7) is 1.66. The van der Waals surface area contributed by atoms with Crippen LogP contribution in [0.3, 0.4) is 0 Å². The maximum Gasteiger partial charge on any atom is 0.281 e. The predicted octanol–water partition coefficient (Wildman–Crippen LogP) is 0.634.